The highest BCUT2D eigenvalue weighted by Crippen LogP contribution is 2.23. The van der Waals surface area contributed by atoms with E-state index >= 15 is 0 Å². The lowest BCUT2D eigenvalue weighted by Gasteiger charge is -2.35. The molecule has 1 saturated heterocycles. The molecule has 0 bridgehead atoms. The van der Waals surface area contributed by atoms with E-state index in [-0.39, 0.29) is 19.0 Å². The summed E-state index contributed by atoms with van der Waals surface area (Å²) in [5.74, 6) is -1.93. The molecule has 2 aromatic rings. The van der Waals surface area contributed by atoms with E-state index in [4.69, 9.17) is 16.3 Å². The molecule has 154 valence electrons. The fourth-order valence-corrected chi connectivity index (χ4v) is 3.33. The second-order valence-electron chi connectivity index (χ2n) is 6.65. The SMILES string of the molecule is O=C(CCCOc1ccccc1Cl)N1CCN(C(=O)c2c(F)cccc2F)CC1. The zero-order valence-electron chi connectivity index (χ0n) is 15.7. The Morgan fingerprint density at radius 1 is 0.931 bits per heavy atom. The number of benzene rings is 2. The number of carbonyl (C=O) groups excluding carboxylic acids is 2. The predicted molar refractivity (Wildman–Crippen MR) is 105 cm³/mol. The van der Waals surface area contributed by atoms with Gasteiger partial charge < -0.3 is 14.5 Å². The first-order chi connectivity index (χ1) is 14.0. The maximum absolute atomic E-state index is 13.8. The summed E-state index contributed by atoms with van der Waals surface area (Å²) >= 11 is 6.01. The van der Waals surface area contributed by atoms with Gasteiger partial charge >= 0.3 is 0 Å². The minimum atomic E-state index is -0.882. The molecule has 2 amide bonds. The van der Waals surface area contributed by atoms with Gasteiger partial charge in [0.05, 0.1) is 11.6 Å². The molecule has 1 aliphatic rings. The number of piperazine rings is 1. The molecular weight excluding hydrogens is 402 g/mol. The van der Waals surface area contributed by atoms with Gasteiger partial charge in [-0.2, -0.15) is 0 Å². The average molecular weight is 423 g/mol. The summed E-state index contributed by atoms with van der Waals surface area (Å²) < 4.78 is 33.2. The van der Waals surface area contributed by atoms with Crippen LogP contribution in [0.2, 0.25) is 5.02 Å². The van der Waals surface area contributed by atoms with E-state index in [0.717, 1.165) is 12.1 Å². The zero-order valence-corrected chi connectivity index (χ0v) is 16.5. The second kappa shape index (κ2) is 9.69. The number of halogens is 3. The third-order valence-corrected chi connectivity index (χ3v) is 5.04. The molecular formula is C21H21ClF2N2O3. The monoisotopic (exact) mass is 422 g/mol. The van der Waals surface area contributed by atoms with Gasteiger partial charge in [-0.05, 0) is 30.7 Å². The smallest absolute Gasteiger partial charge is 0.259 e. The topological polar surface area (TPSA) is 49.9 Å². The van der Waals surface area contributed by atoms with Gasteiger partial charge in [0.15, 0.2) is 0 Å². The molecule has 3 rings (SSSR count). The Hall–Kier alpha value is -2.67. The van der Waals surface area contributed by atoms with Gasteiger partial charge in [0, 0.05) is 32.6 Å². The normalized spacial score (nSPS) is 14.0. The molecule has 0 N–H and O–H groups in total. The Morgan fingerprint density at radius 2 is 1.55 bits per heavy atom. The molecule has 8 heteroatoms. The van der Waals surface area contributed by atoms with E-state index in [1.807, 2.05) is 12.1 Å². The Morgan fingerprint density at radius 3 is 2.21 bits per heavy atom. The molecule has 0 spiro atoms. The third kappa shape index (κ3) is 5.23. The molecule has 0 radical (unpaired) electrons. The summed E-state index contributed by atoms with van der Waals surface area (Å²) in [6, 6.07) is 10.5. The quantitative estimate of drug-likeness (QED) is 0.666. The number of nitrogens with zero attached hydrogens (tertiary/aromatic N) is 2. The molecule has 1 fully saturated rings. The lowest BCUT2D eigenvalue weighted by atomic mass is 10.1. The molecule has 29 heavy (non-hydrogen) atoms. The van der Waals surface area contributed by atoms with Gasteiger partial charge in [-0.15, -0.1) is 0 Å². The highest BCUT2D eigenvalue weighted by atomic mass is 35.5. The molecule has 0 aromatic heterocycles. The molecule has 5 nitrogen and oxygen atoms in total. The van der Waals surface area contributed by atoms with Gasteiger partial charge in [0.25, 0.3) is 5.91 Å². The Labute approximate surface area is 172 Å². The molecule has 1 aliphatic heterocycles. The van der Waals surface area contributed by atoms with Crippen LogP contribution in [0.5, 0.6) is 5.75 Å². The van der Waals surface area contributed by atoms with Crippen LogP contribution in [-0.4, -0.2) is 54.4 Å². The second-order valence-corrected chi connectivity index (χ2v) is 7.06. The van der Waals surface area contributed by atoms with Crippen molar-refractivity contribution in [2.75, 3.05) is 32.8 Å². The summed E-state index contributed by atoms with van der Waals surface area (Å²) in [7, 11) is 0. The van der Waals surface area contributed by atoms with Crippen molar-refractivity contribution in [3.05, 3.63) is 64.7 Å². The van der Waals surface area contributed by atoms with Gasteiger partial charge in [0.1, 0.15) is 22.9 Å². The first kappa shape index (κ1) is 21.0. The lowest BCUT2D eigenvalue weighted by Crippen LogP contribution is -2.50. The molecule has 0 atom stereocenters. The summed E-state index contributed by atoms with van der Waals surface area (Å²) in [6.45, 7) is 1.47. The molecule has 0 saturated carbocycles. The van der Waals surface area contributed by atoms with Crippen LogP contribution < -0.4 is 4.74 Å². The number of rotatable bonds is 6. The number of para-hydroxylation sites is 1. The van der Waals surface area contributed by atoms with Gasteiger partial charge in [-0.1, -0.05) is 29.8 Å². The van der Waals surface area contributed by atoms with Crippen molar-refractivity contribution in [2.24, 2.45) is 0 Å². The van der Waals surface area contributed by atoms with E-state index < -0.39 is 23.1 Å². The van der Waals surface area contributed by atoms with Crippen LogP contribution in [0.25, 0.3) is 0 Å². The van der Waals surface area contributed by atoms with Crippen LogP contribution in [-0.2, 0) is 4.79 Å². The highest BCUT2D eigenvalue weighted by molar-refractivity contribution is 6.32. The Balaban J connectivity index is 1.43. The fourth-order valence-electron chi connectivity index (χ4n) is 3.14. The summed E-state index contributed by atoms with van der Waals surface area (Å²) in [5.41, 5.74) is -0.552. The first-order valence-corrected chi connectivity index (χ1v) is 9.73. The summed E-state index contributed by atoms with van der Waals surface area (Å²) in [5, 5.41) is 0.519. The van der Waals surface area contributed by atoms with Crippen LogP contribution in [0.3, 0.4) is 0 Å². The summed E-state index contributed by atoms with van der Waals surface area (Å²) in [4.78, 5) is 27.8. The average Bonchev–Trinajstić information content (AvgIpc) is 2.72. The van der Waals surface area contributed by atoms with E-state index in [1.54, 1.807) is 17.0 Å². The van der Waals surface area contributed by atoms with Crippen LogP contribution in [0.15, 0.2) is 42.5 Å². The van der Waals surface area contributed by atoms with Crippen molar-refractivity contribution in [1.29, 1.82) is 0 Å². The van der Waals surface area contributed by atoms with Crippen molar-refractivity contribution < 1.29 is 23.1 Å². The van der Waals surface area contributed by atoms with Gasteiger partial charge in [0.2, 0.25) is 5.91 Å². The van der Waals surface area contributed by atoms with Crippen LogP contribution in [0.4, 0.5) is 8.78 Å². The Kier molecular flexibility index (Phi) is 7.04. The largest absolute Gasteiger partial charge is 0.492 e. The first-order valence-electron chi connectivity index (χ1n) is 9.36. The van der Waals surface area contributed by atoms with Gasteiger partial charge in [-0.3, -0.25) is 9.59 Å². The number of carbonyl (C=O) groups is 2. The number of hydrogen-bond acceptors (Lipinski definition) is 3. The van der Waals surface area contributed by atoms with Crippen LogP contribution in [0, 0.1) is 11.6 Å². The number of ether oxygens (including phenoxy) is 1. The van der Waals surface area contributed by atoms with Crippen LogP contribution in [0.1, 0.15) is 23.2 Å². The van der Waals surface area contributed by atoms with Crippen molar-refractivity contribution in [1.82, 2.24) is 9.80 Å². The Bertz CT molecular complexity index is 866. The highest BCUT2D eigenvalue weighted by Gasteiger charge is 2.27. The van der Waals surface area contributed by atoms with Crippen molar-refractivity contribution >= 4 is 23.4 Å². The predicted octanol–water partition coefficient (Wildman–Crippen LogP) is 3.76. The maximum atomic E-state index is 13.8. The van der Waals surface area contributed by atoms with Crippen molar-refractivity contribution in [2.45, 2.75) is 12.8 Å². The van der Waals surface area contributed by atoms with E-state index in [2.05, 4.69) is 0 Å². The molecule has 0 aliphatic carbocycles. The molecule has 2 aromatic carbocycles. The van der Waals surface area contributed by atoms with E-state index in [9.17, 15) is 18.4 Å². The minimum absolute atomic E-state index is 0.0445. The standard InChI is InChI=1S/C21H21ClF2N2O3/c22-15-5-1-2-8-18(15)29-14-4-9-19(27)25-10-12-26(13-11-25)21(28)20-16(23)6-3-7-17(20)24/h1-3,5-8H,4,9-14H2. The van der Waals surface area contributed by atoms with Crippen molar-refractivity contribution in [3.63, 3.8) is 0 Å². The number of hydrogen-bond donors (Lipinski definition) is 0. The van der Waals surface area contributed by atoms with Crippen LogP contribution >= 0.6 is 11.6 Å². The molecule has 0 unspecified atom stereocenters. The summed E-state index contributed by atoms with van der Waals surface area (Å²) in [6.07, 6.45) is 0.837. The third-order valence-electron chi connectivity index (χ3n) is 4.73. The lowest BCUT2D eigenvalue weighted by molar-refractivity contribution is -0.132. The fraction of sp³-hybridized carbons (Fsp3) is 0.333. The van der Waals surface area contributed by atoms with Crippen molar-refractivity contribution in [3.8, 4) is 5.75 Å². The molecule has 1 heterocycles. The maximum Gasteiger partial charge on any atom is 0.259 e. The zero-order chi connectivity index (χ0) is 20.8. The van der Waals surface area contributed by atoms with E-state index in [1.165, 1.54) is 11.0 Å². The number of amides is 2. The minimum Gasteiger partial charge on any atom is -0.492 e. The van der Waals surface area contributed by atoms with Gasteiger partial charge in [-0.25, -0.2) is 8.78 Å². The van der Waals surface area contributed by atoms with E-state index in [0.29, 0.717) is 43.3 Å².